The van der Waals surface area contributed by atoms with E-state index in [4.69, 9.17) is 46.4 Å². The number of aromatic nitrogens is 2. The van der Waals surface area contributed by atoms with Crippen molar-refractivity contribution in [1.29, 1.82) is 0 Å². The van der Waals surface area contributed by atoms with Gasteiger partial charge in [0.15, 0.2) is 11.4 Å². The number of nitrogens with zero attached hydrogens (tertiary/aromatic N) is 4. The Labute approximate surface area is 269 Å². The number of unbranched alkanes of at least 4 members (excludes halogenated alkanes) is 3. The molecule has 2 aliphatic rings. The molecule has 0 fully saturated rings. The molecule has 7 nitrogen and oxygen atoms in total. The minimum atomic E-state index is -4.25. The molecule has 4 rings (SSSR count). The zero-order chi connectivity index (χ0) is 30.6. The molecule has 0 atom stereocenters. The average molecular weight is 677 g/mol. The highest BCUT2D eigenvalue weighted by Gasteiger charge is 2.33. The molecule has 1 aliphatic heterocycles. The SMILES string of the molecule is CCCCCN1C(=CC=Cc2n(CC)c3c([n+]2CCCCS(=O)(=O)[O-])CC(Cl)=C(Cl)C3)N(CC)c2cc(Cl)c(Cl)cc21. The summed E-state index contributed by atoms with van der Waals surface area (Å²) in [6.07, 6.45) is 11.5. The van der Waals surface area contributed by atoms with Crippen molar-refractivity contribution in [3.05, 3.63) is 67.4 Å². The molecule has 0 unspecified atom stereocenters. The van der Waals surface area contributed by atoms with Gasteiger partial charge < -0.3 is 14.4 Å². The number of rotatable bonds is 13. The molecule has 0 spiro atoms. The molecular formula is C30H38Cl4N4O3S. The fraction of sp³-hybridized carbons (Fsp3) is 0.500. The first-order valence-electron chi connectivity index (χ1n) is 14.5. The highest BCUT2D eigenvalue weighted by molar-refractivity contribution is 7.85. The summed E-state index contributed by atoms with van der Waals surface area (Å²) < 4.78 is 37.9. The van der Waals surface area contributed by atoms with Gasteiger partial charge in [-0.2, -0.15) is 0 Å². The van der Waals surface area contributed by atoms with Crippen LogP contribution in [0.4, 0.5) is 11.4 Å². The summed E-state index contributed by atoms with van der Waals surface area (Å²) in [5.41, 5.74) is 4.25. The largest absolute Gasteiger partial charge is 0.748 e. The van der Waals surface area contributed by atoms with Crippen LogP contribution in [-0.4, -0.2) is 36.4 Å². The van der Waals surface area contributed by atoms with Gasteiger partial charge in [-0.3, -0.25) is 0 Å². The topological polar surface area (TPSA) is 72.5 Å². The van der Waals surface area contributed by atoms with Crippen molar-refractivity contribution in [1.82, 2.24) is 4.57 Å². The molecule has 2 heterocycles. The van der Waals surface area contributed by atoms with Crippen LogP contribution in [-0.2, 0) is 36.0 Å². The highest BCUT2D eigenvalue weighted by atomic mass is 35.5. The number of benzene rings is 1. The summed E-state index contributed by atoms with van der Waals surface area (Å²) in [5, 5.41) is 2.32. The van der Waals surface area contributed by atoms with Gasteiger partial charge in [0, 0.05) is 35.0 Å². The number of anilines is 2. The van der Waals surface area contributed by atoms with E-state index in [1.807, 2.05) is 12.1 Å². The third-order valence-electron chi connectivity index (χ3n) is 7.76. The molecule has 0 N–H and O–H groups in total. The van der Waals surface area contributed by atoms with Crippen molar-refractivity contribution in [3.63, 3.8) is 0 Å². The van der Waals surface area contributed by atoms with E-state index in [0.29, 0.717) is 52.3 Å². The van der Waals surface area contributed by atoms with E-state index in [1.165, 1.54) is 0 Å². The monoisotopic (exact) mass is 674 g/mol. The van der Waals surface area contributed by atoms with Crippen LogP contribution >= 0.6 is 46.4 Å². The van der Waals surface area contributed by atoms with Crippen LogP contribution in [0.3, 0.4) is 0 Å². The molecule has 42 heavy (non-hydrogen) atoms. The smallest absolute Gasteiger partial charge is 0.281 e. The van der Waals surface area contributed by atoms with E-state index in [0.717, 1.165) is 73.3 Å². The Morgan fingerprint density at radius 2 is 1.57 bits per heavy atom. The van der Waals surface area contributed by atoms with Crippen LogP contribution in [0.25, 0.3) is 6.08 Å². The third-order valence-corrected chi connectivity index (χ3v) is 10.1. The molecule has 1 aliphatic carbocycles. The van der Waals surface area contributed by atoms with Gasteiger partial charge >= 0.3 is 0 Å². The summed E-state index contributed by atoms with van der Waals surface area (Å²) in [7, 11) is -4.25. The minimum absolute atomic E-state index is 0.296. The Balaban J connectivity index is 1.73. The van der Waals surface area contributed by atoms with Crippen molar-refractivity contribution in [3.8, 4) is 0 Å². The van der Waals surface area contributed by atoms with Crippen molar-refractivity contribution >= 4 is 74.0 Å². The van der Waals surface area contributed by atoms with Crippen molar-refractivity contribution < 1.29 is 17.5 Å². The van der Waals surface area contributed by atoms with E-state index in [9.17, 15) is 13.0 Å². The second-order valence-electron chi connectivity index (χ2n) is 10.5. The van der Waals surface area contributed by atoms with Gasteiger partial charge in [-0.05, 0) is 51.3 Å². The van der Waals surface area contributed by atoms with Crippen molar-refractivity contribution in [2.45, 2.75) is 78.8 Å². The fourth-order valence-electron chi connectivity index (χ4n) is 5.78. The van der Waals surface area contributed by atoms with Crippen LogP contribution in [0, 0.1) is 0 Å². The molecule has 1 aromatic carbocycles. The first kappa shape index (κ1) is 33.2. The second kappa shape index (κ2) is 14.4. The molecule has 1 aromatic heterocycles. The Kier molecular flexibility index (Phi) is 11.4. The lowest BCUT2D eigenvalue weighted by Crippen LogP contribution is -2.40. The maximum absolute atomic E-state index is 11.2. The van der Waals surface area contributed by atoms with Gasteiger partial charge in [0.2, 0.25) is 0 Å². The Morgan fingerprint density at radius 3 is 2.19 bits per heavy atom. The maximum Gasteiger partial charge on any atom is 0.281 e. The van der Waals surface area contributed by atoms with E-state index >= 15 is 0 Å². The van der Waals surface area contributed by atoms with Crippen molar-refractivity contribution in [2.75, 3.05) is 28.6 Å². The highest BCUT2D eigenvalue weighted by Crippen LogP contribution is 2.45. The summed E-state index contributed by atoms with van der Waals surface area (Å²) in [5.74, 6) is 1.66. The van der Waals surface area contributed by atoms with E-state index in [1.54, 1.807) is 0 Å². The Morgan fingerprint density at radius 1 is 0.905 bits per heavy atom. The molecule has 0 saturated heterocycles. The minimum Gasteiger partial charge on any atom is -0.748 e. The predicted molar refractivity (Wildman–Crippen MR) is 174 cm³/mol. The zero-order valence-corrected chi connectivity index (χ0v) is 28.1. The predicted octanol–water partition coefficient (Wildman–Crippen LogP) is 7.61. The lowest BCUT2D eigenvalue weighted by Gasteiger charge is -2.24. The van der Waals surface area contributed by atoms with Crippen LogP contribution < -0.4 is 14.4 Å². The standard InChI is InChI=1S/C30H38Cl4N4O3S/c1-4-7-8-14-37-27-19-23(33)21(31)17-25(27)35(5-2)29(37)12-11-13-30-36(6-3)26-18-22(32)24(34)20-28(26)38(30)15-9-10-16-42(39,40)41/h11-13,17,19H,4-10,14-16,18,20H2,1-3H3. The summed E-state index contributed by atoms with van der Waals surface area (Å²) in [6, 6.07) is 3.89. The maximum atomic E-state index is 11.2. The first-order chi connectivity index (χ1) is 20.0. The third kappa shape index (κ3) is 7.33. The molecule has 0 saturated carbocycles. The molecule has 0 radical (unpaired) electrons. The van der Waals surface area contributed by atoms with Gasteiger partial charge in [-0.1, -0.05) is 72.2 Å². The first-order valence-corrected chi connectivity index (χ1v) is 17.6. The van der Waals surface area contributed by atoms with Crippen LogP contribution in [0.15, 0.2) is 40.2 Å². The number of imidazole rings is 1. The number of hydrogen-bond acceptors (Lipinski definition) is 5. The Bertz CT molecular complexity index is 1510. The lowest BCUT2D eigenvalue weighted by atomic mass is 10.1. The number of allylic oxidation sites excluding steroid dienone is 4. The fourth-order valence-corrected chi connectivity index (χ4v) is 7.04. The van der Waals surface area contributed by atoms with Gasteiger partial charge in [-0.25, -0.2) is 17.6 Å². The van der Waals surface area contributed by atoms with Crippen molar-refractivity contribution in [2.24, 2.45) is 0 Å². The molecule has 0 amide bonds. The second-order valence-corrected chi connectivity index (χ2v) is 13.8. The molecule has 0 bridgehead atoms. The molecule has 230 valence electrons. The van der Waals surface area contributed by atoms with Gasteiger partial charge in [-0.15, -0.1) is 0 Å². The summed E-state index contributed by atoms with van der Waals surface area (Å²) >= 11 is 25.9. The zero-order valence-electron chi connectivity index (χ0n) is 24.3. The van der Waals surface area contributed by atoms with Crippen LogP contribution in [0.1, 0.15) is 70.1 Å². The van der Waals surface area contributed by atoms with E-state index in [2.05, 4.69) is 57.9 Å². The van der Waals surface area contributed by atoms with E-state index in [-0.39, 0.29) is 5.75 Å². The van der Waals surface area contributed by atoms with Gasteiger partial charge in [0.25, 0.3) is 5.82 Å². The summed E-state index contributed by atoms with van der Waals surface area (Å²) in [4.78, 5) is 4.56. The summed E-state index contributed by atoms with van der Waals surface area (Å²) in [6.45, 7) is 9.32. The lowest BCUT2D eigenvalue weighted by molar-refractivity contribution is -0.705. The average Bonchev–Trinajstić information content (AvgIpc) is 3.37. The quantitative estimate of drug-likeness (QED) is 0.124. The number of halogens is 4. The van der Waals surface area contributed by atoms with Gasteiger partial charge in [0.05, 0.1) is 57.5 Å². The Hall–Kier alpha value is -1.68. The van der Waals surface area contributed by atoms with E-state index < -0.39 is 10.1 Å². The number of fused-ring (bicyclic) bond motifs is 2. The van der Waals surface area contributed by atoms with Crippen LogP contribution in [0.2, 0.25) is 10.0 Å². The molecule has 12 heteroatoms. The van der Waals surface area contributed by atoms with Gasteiger partial charge in [0.1, 0.15) is 5.82 Å². The number of hydrogen-bond donors (Lipinski definition) is 0. The normalized spacial score (nSPS) is 16.3. The van der Waals surface area contributed by atoms with Crippen LogP contribution in [0.5, 0.6) is 0 Å². The molecule has 2 aromatic rings. The molecular weight excluding hydrogens is 638 g/mol.